The number of carbonyl (C=O) groups is 1. The first-order valence-electron chi connectivity index (χ1n) is 8.79. The van der Waals surface area contributed by atoms with Crippen LogP contribution >= 0.6 is 11.3 Å². The predicted octanol–water partition coefficient (Wildman–Crippen LogP) is 3.51. The van der Waals surface area contributed by atoms with Gasteiger partial charge in [0, 0.05) is 17.2 Å². The Balaban J connectivity index is 1.57. The first kappa shape index (κ1) is 19.3. The lowest BCUT2D eigenvalue weighted by Gasteiger charge is -2.07. The molecule has 0 saturated carbocycles. The van der Waals surface area contributed by atoms with Crippen LogP contribution in [0.2, 0.25) is 0 Å². The number of aromatic nitrogens is 3. The Morgan fingerprint density at radius 1 is 1.10 bits per heavy atom. The maximum Gasteiger partial charge on any atom is 0.246 e. The molecule has 29 heavy (non-hydrogen) atoms. The van der Waals surface area contributed by atoms with Crippen molar-refractivity contribution in [2.75, 3.05) is 11.6 Å². The van der Waals surface area contributed by atoms with Gasteiger partial charge in [0.05, 0.1) is 16.7 Å². The Hall–Kier alpha value is -3.04. The fraction of sp³-hybridized carbons (Fsp3) is 0.150. The van der Waals surface area contributed by atoms with Gasteiger partial charge in [-0.2, -0.15) is 0 Å². The molecule has 0 spiro atoms. The molecule has 0 aliphatic carbocycles. The summed E-state index contributed by atoms with van der Waals surface area (Å²) in [4.78, 5) is 21.2. The standard InChI is InChI=1S/C20H18N4O3S2/c1-13-7-9-14(10-8-13)16-12-28-19(21-16)23-18(25)11-24-17-6-4-3-5-15(17)22-20(24)29(2,26)27/h3-10,12H,11H2,1-2H3,(H,21,23,25). The van der Waals surface area contributed by atoms with Crippen molar-refractivity contribution < 1.29 is 13.2 Å². The van der Waals surface area contributed by atoms with Crippen LogP contribution in [0.3, 0.4) is 0 Å². The summed E-state index contributed by atoms with van der Waals surface area (Å²) in [7, 11) is -3.59. The van der Waals surface area contributed by atoms with Gasteiger partial charge in [-0.05, 0) is 19.1 Å². The van der Waals surface area contributed by atoms with Gasteiger partial charge in [0.1, 0.15) is 6.54 Å². The van der Waals surface area contributed by atoms with Crippen molar-refractivity contribution in [1.82, 2.24) is 14.5 Å². The summed E-state index contributed by atoms with van der Waals surface area (Å²) in [6.45, 7) is 1.84. The molecule has 9 heteroatoms. The zero-order valence-corrected chi connectivity index (χ0v) is 17.4. The van der Waals surface area contributed by atoms with Crippen molar-refractivity contribution >= 4 is 43.2 Å². The van der Waals surface area contributed by atoms with Gasteiger partial charge >= 0.3 is 0 Å². The monoisotopic (exact) mass is 426 g/mol. The Morgan fingerprint density at radius 3 is 2.55 bits per heavy atom. The second-order valence-electron chi connectivity index (χ2n) is 6.69. The maximum absolute atomic E-state index is 12.6. The molecule has 148 valence electrons. The van der Waals surface area contributed by atoms with Crippen molar-refractivity contribution in [3.8, 4) is 11.3 Å². The smallest absolute Gasteiger partial charge is 0.246 e. The van der Waals surface area contributed by atoms with Crippen molar-refractivity contribution in [2.45, 2.75) is 18.6 Å². The Labute approximate surface area is 172 Å². The summed E-state index contributed by atoms with van der Waals surface area (Å²) in [6, 6.07) is 15.0. The number of nitrogens with one attached hydrogen (secondary N) is 1. The average molecular weight is 427 g/mol. The van der Waals surface area contributed by atoms with E-state index in [1.807, 2.05) is 36.6 Å². The van der Waals surface area contributed by atoms with Crippen LogP contribution in [0.25, 0.3) is 22.3 Å². The highest BCUT2D eigenvalue weighted by Gasteiger charge is 2.21. The maximum atomic E-state index is 12.6. The van der Waals surface area contributed by atoms with Crippen LogP contribution in [-0.2, 0) is 21.2 Å². The quantitative estimate of drug-likeness (QED) is 0.527. The van der Waals surface area contributed by atoms with Crippen LogP contribution < -0.4 is 5.32 Å². The highest BCUT2D eigenvalue weighted by atomic mass is 32.2. The van der Waals surface area contributed by atoms with Gasteiger partial charge in [-0.1, -0.05) is 42.0 Å². The molecule has 7 nitrogen and oxygen atoms in total. The van der Waals surface area contributed by atoms with Gasteiger partial charge in [-0.3, -0.25) is 4.79 Å². The first-order chi connectivity index (χ1) is 13.8. The fourth-order valence-electron chi connectivity index (χ4n) is 2.98. The third-order valence-corrected chi connectivity index (χ3v) is 6.08. The largest absolute Gasteiger partial charge is 0.305 e. The number of thiazole rings is 1. The number of rotatable bonds is 5. The first-order valence-corrected chi connectivity index (χ1v) is 11.6. The number of anilines is 1. The highest BCUT2D eigenvalue weighted by molar-refractivity contribution is 7.90. The fourth-order valence-corrected chi connectivity index (χ4v) is 4.54. The molecule has 4 rings (SSSR count). The third-order valence-electron chi connectivity index (χ3n) is 4.35. The van der Waals surface area contributed by atoms with Crippen LogP contribution in [0, 0.1) is 6.92 Å². The van der Waals surface area contributed by atoms with Crippen molar-refractivity contribution in [1.29, 1.82) is 0 Å². The molecule has 0 fully saturated rings. The van der Waals surface area contributed by atoms with Crippen molar-refractivity contribution in [2.24, 2.45) is 0 Å². The van der Waals surface area contributed by atoms with Crippen molar-refractivity contribution in [3.63, 3.8) is 0 Å². The Morgan fingerprint density at radius 2 is 1.83 bits per heavy atom. The van der Waals surface area contributed by atoms with E-state index in [0.717, 1.165) is 23.1 Å². The molecule has 1 amide bonds. The number of benzene rings is 2. The van der Waals surface area contributed by atoms with E-state index in [1.54, 1.807) is 24.3 Å². The van der Waals surface area contributed by atoms with E-state index in [2.05, 4.69) is 15.3 Å². The predicted molar refractivity (Wildman–Crippen MR) is 114 cm³/mol. The van der Waals surface area contributed by atoms with Crippen LogP contribution in [-0.4, -0.2) is 35.1 Å². The van der Waals surface area contributed by atoms with E-state index in [4.69, 9.17) is 0 Å². The molecule has 0 atom stereocenters. The number of hydrogen-bond donors (Lipinski definition) is 1. The SMILES string of the molecule is Cc1ccc(-c2csc(NC(=O)Cn3c(S(C)(=O)=O)nc4ccccc43)n2)cc1. The molecule has 2 heterocycles. The summed E-state index contributed by atoms with van der Waals surface area (Å²) < 4.78 is 25.7. The second-order valence-corrected chi connectivity index (χ2v) is 9.46. The topological polar surface area (TPSA) is 94.0 Å². The summed E-state index contributed by atoms with van der Waals surface area (Å²) in [5.74, 6) is -0.372. The van der Waals surface area contributed by atoms with Gasteiger partial charge in [0.15, 0.2) is 5.13 Å². The van der Waals surface area contributed by atoms with Gasteiger partial charge < -0.3 is 9.88 Å². The lowest BCUT2D eigenvalue weighted by molar-refractivity contribution is -0.116. The molecule has 0 aliphatic rings. The number of aryl methyl sites for hydroxylation is 1. The zero-order valence-electron chi connectivity index (χ0n) is 15.8. The minimum Gasteiger partial charge on any atom is -0.305 e. The Bertz CT molecular complexity index is 1310. The minimum atomic E-state index is -3.59. The second kappa shape index (κ2) is 7.41. The molecule has 1 N–H and O–H groups in total. The molecular weight excluding hydrogens is 408 g/mol. The van der Waals surface area contributed by atoms with E-state index < -0.39 is 9.84 Å². The van der Waals surface area contributed by atoms with E-state index in [9.17, 15) is 13.2 Å². The summed E-state index contributed by atoms with van der Waals surface area (Å²) in [5, 5.41) is 4.94. The van der Waals surface area contributed by atoms with E-state index in [-0.39, 0.29) is 17.6 Å². The number of amides is 1. The molecule has 4 aromatic rings. The van der Waals surface area contributed by atoms with Gasteiger partial charge in [0.25, 0.3) is 0 Å². The molecule has 0 bridgehead atoms. The van der Waals surface area contributed by atoms with E-state index >= 15 is 0 Å². The lowest BCUT2D eigenvalue weighted by Crippen LogP contribution is -2.21. The van der Waals surface area contributed by atoms with Crippen molar-refractivity contribution in [3.05, 3.63) is 59.5 Å². The van der Waals surface area contributed by atoms with Crippen LogP contribution in [0.1, 0.15) is 5.56 Å². The molecule has 2 aromatic carbocycles. The lowest BCUT2D eigenvalue weighted by atomic mass is 10.1. The van der Waals surface area contributed by atoms with Crippen LogP contribution in [0.5, 0.6) is 0 Å². The normalized spacial score (nSPS) is 11.7. The highest BCUT2D eigenvalue weighted by Crippen LogP contribution is 2.25. The molecule has 2 aromatic heterocycles. The molecular formula is C20H18N4O3S2. The van der Waals surface area contributed by atoms with Gasteiger partial charge in [-0.15, -0.1) is 11.3 Å². The summed E-state index contributed by atoms with van der Waals surface area (Å²) in [6.07, 6.45) is 1.08. The van der Waals surface area contributed by atoms with Crippen LogP contribution in [0.4, 0.5) is 5.13 Å². The van der Waals surface area contributed by atoms with Gasteiger partial charge in [-0.25, -0.2) is 18.4 Å². The molecule has 0 saturated heterocycles. The third kappa shape index (κ3) is 4.06. The Kier molecular flexibility index (Phi) is 4.93. The number of imidazole rings is 1. The van der Waals surface area contributed by atoms with E-state index in [0.29, 0.717) is 16.2 Å². The molecule has 0 radical (unpaired) electrons. The number of hydrogen-bond acceptors (Lipinski definition) is 6. The summed E-state index contributed by atoms with van der Waals surface area (Å²) in [5.41, 5.74) is 4.01. The molecule has 0 unspecified atom stereocenters. The van der Waals surface area contributed by atoms with E-state index in [1.165, 1.54) is 15.9 Å². The molecule has 0 aliphatic heterocycles. The summed E-state index contributed by atoms with van der Waals surface area (Å²) >= 11 is 1.32. The van der Waals surface area contributed by atoms with Gasteiger partial charge in [0.2, 0.25) is 20.9 Å². The number of para-hydroxylation sites is 2. The number of fused-ring (bicyclic) bond motifs is 1. The number of nitrogens with zero attached hydrogens (tertiary/aromatic N) is 3. The van der Waals surface area contributed by atoms with Crippen LogP contribution in [0.15, 0.2) is 59.1 Å². The minimum absolute atomic E-state index is 0.131. The number of carbonyl (C=O) groups excluding carboxylic acids is 1. The number of sulfone groups is 1. The zero-order chi connectivity index (χ0) is 20.6. The average Bonchev–Trinajstić information content (AvgIpc) is 3.27.